The van der Waals surface area contributed by atoms with E-state index in [1.807, 2.05) is 48.5 Å². The molecule has 0 radical (unpaired) electrons. The highest BCUT2D eigenvalue weighted by Crippen LogP contribution is 2.20. The lowest BCUT2D eigenvalue weighted by atomic mass is 10.2. The summed E-state index contributed by atoms with van der Waals surface area (Å²) in [6, 6.07) is 18.3. The Labute approximate surface area is 167 Å². The number of amides is 1. The Morgan fingerprint density at radius 1 is 1.00 bits per heavy atom. The van der Waals surface area contributed by atoms with Crippen LogP contribution in [0.5, 0.6) is 0 Å². The molecule has 0 unspecified atom stereocenters. The van der Waals surface area contributed by atoms with Crippen molar-refractivity contribution in [3.63, 3.8) is 0 Å². The molecule has 1 aromatic carbocycles. The summed E-state index contributed by atoms with van der Waals surface area (Å²) in [7, 11) is 0. The van der Waals surface area contributed by atoms with Crippen molar-refractivity contribution in [3.8, 4) is 11.4 Å². The van der Waals surface area contributed by atoms with Gasteiger partial charge in [-0.3, -0.25) is 9.78 Å². The molecule has 0 saturated heterocycles. The summed E-state index contributed by atoms with van der Waals surface area (Å²) in [5.41, 5.74) is 1.79. The van der Waals surface area contributed by atoms with Gasteiger partial charge in [-0.2, -0.15) is 0 Å². The van der Waals surface area contributed by atoms with Gasteiger partial charge in [-0.1, -0.05) is 41.6 Å². The Kier molecular flexibility index (Phi) is 5.24. The highest BCUT2D eigenvalue weighted by atomic mass is 16.5. The summed E-state index contributed by atoms with van der Waals surface area (Å²) in [6.45, 7) is 2.10. The number of nitrogens with one attached hydrogen (secondary N) is 2. The zero-order chi connectivity index (χ0) is 20.1. The van der Waals surface area contributed by atoms with Crippen LogP contribution >= 0.6 is 0 Å². The van der Waals surface area contributed by atoms with Gasteiger partial charge in [0.15, 0.2) is 11.6 Å². The van der Waals surface area contributed by atoms with Crippen LogP contribution in [-0.2, 0) is 6.54 Å². The third kappa shape index (κ3) is 4.62. The fourth-order valence-corrected chi connectivity index (χ4v) is 2.66. The standard InChI is InChI=1S/C21H18N6O2/c1-14-11-19(27-29-14)25-18-12-17(21(28)23-13-16-9-5-6-10-22-16)24-20(26-18)15-7-3-2-4-8-15/h2-12H,13H2,1H3,(H,23,28)(H,24,25,26,27). The molecule has 0 aliphatic carbocycles. The van der Waals surface area contributed by atoms with E-state index in [0.29, 0.717) is 29.8 Å². The summed E-state index contributed by atoms with van der Waals surface area (Å²) in [4.78, 5) is 25.9. The molecule has 8 nitrogen and oxygen atoms in total. The Morgan fingerprint density at radius 3 is 2.55 bits per heavy atom. The first kappa shape index (κ1) is 18.3. The molecule has 0 aliphatic rings. The van der Waals surface area contributed by atoms with Crippen LogP contribution in [0.2, 0.25) is 0 Å². The van der Waals surface area contributed by atoms with E-state index in [1.165, 1.54) is 0 Å². The van der Waals surface area contributed by atoms with Crippen LogP contribution in [0, 0.1) is 6.92 Å². The Morgan fingerprint density at radius 2 is 1.83 bits per heavy atom. The number of anilines is 2. The van der Waals surface area contributed by atoms with Gasteiger partial charge in [0, 0.05) is 23.9 Å². The fourth-order valence-electron chi connectivity index (χ4n) is 2.66. The number of carbonyl (C=O) groups is 1. The van der Waals surface area contributed by atoms with Crippen LogP contribution in [0.1, 0.15) is 21.9 Å². The molecule has 0 aliphatic heterocycles. The van der Waals surface area contributed by atoms with Crippen molar-refractivity contribution < 1.29 is 9.32 Å². The number of aromatic nitrogens is 4. The molecule has 0 atom stereocenters. The topological polar surface area (TPSA) is 106 Å². The van der Waals surface area contributed by atoms with E-state index in [9.17, 15) is 4.79 Å². The molecule has 4 aromatic rings. The molecule has 4 rings (SSSR count). The van der Waals surface area contributed by atoms with Gasteiger partial charge in [0.2, 0.25) is 0 Å². The molecular formula is C21H18N6O2. The molecule has 29 heavy (non-hydrogen) atoms. The smallest absolute Gasteiger partial charge is 0.270 e. The largest absolute Gasteiger partial charge is 0.360 e. The number of carbonyl (C=O) groups excluding carboxylic acids is 1. The van der Waals surface area contributed by atoms with E-state index in [-0.39, 0.29) is 11.6 Å². The second kappa shape index (κ2) is 8.30. The normalized spacial score (nSPS) is 10.5. The van der Waals surface area contributed by atoms with E-state index in [2.05, 4.69) is 30.7 Å². The first-order chi connectivity index (χ1) is 14.2. The number of aryl methyl sites for hydroxylation is 1. The maximum Gasteiger partial charge on any atom is 0.270 e. The quantitative estimate of drug-likeness (QED) is 0.522. The van der Waals surface area contributed by atoms with Crippen molar-refractivity contribution in [3.05, 3.63) is 84.0 Å². The van der Waals surface area contributed by atoms with Crippen LogP contribution in [0.4, 0.5) is 11.6 Å². The van der Waals surface area contributed by atoms with Crippen molar-refractivity contribution in [2.24, 2.45) is 0 Å². The van der Waals surface area contributed by atoms with Gasteiger partial charge in [-0.25, -0.2) is 9.97 Å². The lowest BCUT2D eigenvalue weighted by Gasteiger charge is -2.09. The molecule has 1 amide bonds. The Hall–Kier alpha value is -4.07. The molecule has 144 valence electrons. The van der Waals surface area contributed by atoms with Crippen LogP contribution < -0.4 is 10.6 Å². The number of hydrogen-bond acceptors (Lipinski definition) is 7. The first-order valence-corrected chi connectivity index (χ1v) is 9.00. The van der Waals surface area contributed by atoms with Gasteiger partial charge in [0.25, 0.3) is 5.91 Å². The van der Waals surface area contributed by atoms with Gasteiger partial charge in [0.05, 0.1) is 12.2 Å². The maximum absolute atomic E-state index is 12.7. The van der Waals surface area contributed by atoms with E-state index >= 15 is 0 Å². The number of hydrogen-bond donors (Lipinski definition) is 2. The van der Waals surface area contributed by atoms with E-state index in [1.54, 1.807) is 25.3 Å². The third-order valence-electron chi connectivity index (χ3n) is 4.03. The third-order valence-corrected chi connectivity index (χ3v) is 4.03. The SMILES string of the molecule is Cc1cc(Nc2cc(C(=O)NCc3ccccn3)nc(-c3ccccc3)n2)no1. The van der Waals surface area contributed by atoms with Crippen LogP contribution in [0.3, 0.4) is 0 Å². The van der Waals surface area contributed by atoms with Crippen molar-refractivity contribution in [2.75, 3.05) is 5.32 Å². The highest BCUT2D eigenvalue weighted by molar-refractivity contribution is 5.93. The van der Waals surface area contributed by atoms with E-state index < -0.39 is 0 Å². The van der Waals surface area contributed by atoms with Crippen LogP contribution in [0.25, 0.3) is 11.4 Å². The minimum atomic E-state index is -0.324. The molecule has 0 fully saturated rings. The molecule has 0 saturated carbocycles. The second-order valence-electron chi connectivity index (χ2n) is 6.28. The van der Waals surface area contributed by atoms with Crippen molar-refractivity contribution in [1.29, 1.82) is 0 Å². The van der Waals surface area contributed by atoms with Crippen molar-refractivity contribution in [1.82, 2.24) is 25.4 Å². The molecule has 2 N–H and O–H groups in total. The minimum absolute atomic E-state index is 0.234. The molecule has 3 aromatic heterocycles. The average Bonchev–Trinajstić information content (AvgIpc) is 3.17. The molecule has 0 spiro atoms. The summed E-state index contributed by atoms with van der Waals surface area (Å²) in [5.74, 6) is 1.71. The zero-order valence-corrected chi connectivity index (χ0v) is 15.7. The van der Waals surface area contributed by atoms with E-state index in [0.717, 1.165) is 11.3 Å². The maximum atomic E-state index is 12.7. The van der Waals surface area contributed by atoms with E-state index in [4.69, 9.17) is 4.52 Å². The number of benzene rings is 1. The molecule has 8 heteroatoms. The van der Waals surface area contributed by atoms with Gasteiger partial charge in [-0.15, -0.1) is 0 Å². The monoisotopic (exact) mass is 386 g/mol. The summed E-state index contributed by atoms with van der Waals surface area (Å²) < 4.78 is 5.07. The number of rotatable bonds is 6. The number of nitrogens with zero attached hydrogens (tertiary/aromatic N) is 4. The fraction of sp³-hybridized carbons (Fsp3) is 0.0952. The van der Waals surface area contributed by atoms with Gasteiger partial charge in [-0.05, 0) is 19.1 Å². The molecule has 3 heterocycles. The van der Waals surface area contributed by atoms with Gasteiger partial charge < -0.3 is 15.2 Å². The van der Waals surface area contributed by atoms with Gasteiger partial charge >= 0.3 is 0 Å². The summed E-state index contributed by atoms with van der Waals surface area (Å²) in [5, 5.41) is 9.80. The number of pyridine rings is 1. The predicted octanol–water partition coefficient (Wildman–Crippen LogP) is 3.51. The van der Waals surface area contributed by atoms with Crippen molar-refractivity contribution in [2.45, 2.75) is 13.5 Å². The molecule has 0 bridgehead atoms. The van der Waals surface area contributed by atoms with Crippen LogP contribution in [-0.4, -0.2) is 26.0 Å². The molecular weight excluding hydrogens is 368 g/mol. The summed E-state index contributed by atoms with van der Waals surface area (Å²) >= 11 is 0. The highest BCUT2D eigenvalue weighted by Gasteiger charge is 2.14. The predicted molar refractivity (Wildman–Crippen MR) is 107 cm³/mol. The average molecular weight is 386 g/mol. The Bertz CT molecular complexity index is 1110. The van der Waals surface area contributed by atoms with Crippen molar-refractivity contribution >= 4 is 17.5 Å². The van der Waals surface area contributed by atoms with Gasteiger partial charge in [0.1, 0.15) is 17.3 Å². The Balaban J connectivity index is 1.62. The second-order valence-corrected chi connectivity index (χ2v) is 6.28. The lowest BCUT2D eigenvalue weighted by Crippen LogP contribution is -2.24. The first-order valence-electron chi connectivity index (χ1n) is 9.00. The lowest BCUT2D eigenvalue weighted by molar-refractivity contribution is 0.0945. The minimum Gasteiger partial charge on any atom is -0.360 e. The zero-order valence-electron chi connectivity index (χ0n) is 15.7. The summed E-state index contributed by atoms with van der Waals surface area (Å²) in [6.07, 6.45) is 1.68. The van der Waals surface area contributed by atoms with Crippen LogP contribution in [0.15, 0.2) is 71.4 Å².